The van der Waals surface area contributed by atoms with Crippen molar-refractivity contribution in [2.24, 2.45) is 0 Å². The third-order valence-electron chi connectivity index (χ3n) is 5.79. The van der Waals surface area contributed by atoms with Crippen molar-refractivity contribution in [2.45, 2.75) is 38.4 Å². The van der Waals surface area contributed by atoms with Crippen molar-refractivity contribution in [2.75, 3.05) is 25.0 Å². The second-order valence-electron chi connectivity index (χ2n) is 7.83. The van der Waals surface area contributed by atoms with Gasteiger partial charge in [-0.1, -0.05) is 0 Å². The average molecular weight is 392 g/mol. The number of likely N-dealkylation sites (N-methyl/N-ethyl adjacent to an activating group) is 1. The first-order valence-electron chi connectivity index (χ1n) is 10.0. The molecule has 5 heterocycles. The Labute approximate surface area is 168 Å². The summed E-state index contributed by atoms with van der Waals surface area (Å²) in [5.74, 6) is 1.59. The van der Waals surface area contributed by atoms with Gasteiger partial charge in [-0.15, -0.1) is 5.10 Å². The van der Waals surface area contributed by atoms with E-state index < -0.39 is 0 Å². The summed E-state index contributed by atoms with van der Waals surface area (Å²) in [6.07, 6.45) is 8.21. The van der Waals surface area contributed by atoms with Crippen molar-refractivity contribution in [3.63, 3.8) is 0 Å². The number of imidazole rings is 1. The summed E-state index contributed by atoms with van der Waals surface area (Å²) in [6, 6.07) is 5.63. The van der Waals surface area contributed by atoms with E-state index in [0.717, 1.165) is 50.4 Å². The highest BCUT2D eigenvalue weighted by molar-refractivity contribution is 5.44. The van der Waals surface area contributed by atoms with E-state index in [1.165, 1.54) is 5.56 Å². The monoisotopic (exact) mass is 392 g/mol. The van der Waals surface area contributed by atoms with Gasteiger partial charge >= 0.3 is 0 Å². The molecule has 1 unspecified atom stereocenters. The Balaban J connectivity index is 1.40. The second kappa shape index (κ2) is 7.40. The molecule has 0 bridgehead atoms. The molecule has 0 saturated carbocycles. The number of hydrogen-bond acceptors (Lipinski definition) is 7. The van der Waals surface area contributed by atoms with Gasteiger partial charge in [0.2, 0.25) is 0 Å². The molecule has 0 aromatic carbocycles. The predicted molar refractivity (Wildman–Crippen MR) is 108 cm³/mol. The second-order valence-corrected chi connectivity index (χ2v) is 7.83. The van der Waals surface area contributed by atoms with Crippen LogP contribution in [0.3, 0.4) is 0 Å². The van der Waals surface area contributed by atoms with Gasteiger partial charge in [-0.05, 0) is 37.6 Å². The first kappa shape index (κ1) is 18.0. The van der Waals surface area contributed by atoms with Crippen LogP contribution in [0, 0.1) is 0 Å². The largest absolute Gasteiger partial charge is 0.350 e. The van der Waals surface area contributed by atoms with Crippen LogP contribution in [0.4, 0.5) is 5.82 Å². The maximum absolute atomic E-state index is 12.4. The number of hydrogen-bond donors (Lipinski definition) is 0. The summed E-state index contributed by atoms with van der Waals surface area (Å²) in [7, 11) is 2.13. The van der Waals surface area contributed by atoms with Gasteiger partial charge in [-0.3, -0.25) is 9.36 Å². The van der Waals surface area contributed by atoms with Gasteiger partial charge in [0.05, 0.1) is 18.3 Å². The van der Waals surface area contributed by atoms with Crippen LogP contribution >= 0.6 is 0 Å². The van der Waals surface area contributed by atoms with Crippen molar-refractivity contribution < 1.29 is 0 Å². The Kier molecular flexibility index (Phi) is 4.59. The zero-order valence-corrected chi connectivity index (χ0v) is 16.5. The number of fused-ring (bicyclic) bond motifs is 1. The fourth-order valence-corrected chi connectivity index (χ4v) is 4.23. The van der Waals surface area contributed by atoms with Crippen LogP contribution in [-0.4, -0.2) is 60.6 Å². The van der Waals surface area contributed by atoms with E-state index in [9.17, 15) is 4.79 Å². The maximum atomic E-state index is 12.4. The molecule has 9 heteroatoms. The quantitative estimate of drug-likeness (QED) is 0.651. The van der Waals surface area contributed by atoms with Crippen molar-refractivity contribution >= 4 is 5.82 Å². The standard InChI is InChI=1S/C20H24N8O/c1-25-9-6-17-15(12-25)11-19(23-22-17)27-8-2-3-16(27)13-28-20(29)5-4-18(24-28)26-10-7-21-14-26/h4-5,7,10-11,14,16H,2-3,6,8-9,12-13H2,1H3. The molecule has 9 nitrogen and oxygen atoms in total. The lowest BCUT2D eigenvalue weighted by atomic mass is 10.1. The van der Waals surface area contributed by atoms with Crippen LogP contribution in [0.15, 0.2) is 41.7 Å². The number of rotatable bonds is 4. The SMILES string of the molecule is CN1CCc2nnc(N3CCCC3Cn3nc(-n4ccnc4)ccc3=O)cc2C1. The summed E-state index contributed by atoms with van der Waals surface area (Å²) in [6.45, 7) is 3.38. The Hall–Kier alpha value is -3.07. The fourth-order valence-electron chi connectivity index (χ4n) is 4.23. The van der Waals surface area contributed by atoms with Crippen molar-refractivity contribution in [3.8, 4) is 5.82 Å². The molecule has 150 valence electrons. The lowest BCUT2D eigenvalue weighted by Gasteiger charge is -2.28. The summed E-state index contributed by atoms with van der Waals surface area (Å²) in [5.41, 5.74) is 2.26. The smallest absolute Gasteiger partial charge is 0.266 e. The molecule has 1 saturated heterocycles. The molecule has 3 aromatic heterocycles. The van der Waals surface area contributed by atoms with Crippen molar-refractivity contribution in [3.05, 3.63) is 58.5 Å². The van der Waals surface area contributed by atoms with E-state index in [2.05, 4.69) is 43.2 Å². The number of nitrogens with zero attached hydrogens (tertiary/aromatic N) is 8. The molecule has 0 amide bonds. The van der Waals surface area contributed by atoms with E-state index in [4.69, 9.17) is 0 Å². The predicted octanol–water partition coefficient (Wildman–Crippen LogP) is 0.876. The molecule has 0 spiro atoms. The molecule has 1 atom stereocenters. The zero-order chi connectivity index (χ0) is 19.8. The third kappa shape index (κ3) is 3.53. The Morgan fingerprint density at radius 2 is 2.10 bits per heavy atom. The highest BCUT2D eigenvalue weighted by atomic mass is 16.1. The summed E-state index contributed by atoms with van der Waals surface area (Å²) in [4.78, 5) is 21.1. The van der Waals surface area contributed by atoms with E-state index >= 15 is 0 Å². The van der Waals surface area contributed by atoms with Crippen LogP contribution in [0.5, 0.6) is 0 Å². The van der Waals surface area contributed by atoms with E-state index in [1.807, 2.05) is 6.20 Å². The third-order valence-corrected chi connectivity index (χ3v) is 5.79. The van der Waals surface area contributed by atoms with Crippen molar-refractivity contribution in [1.29, 1.82) is 0 Å². The Morgan fingerprint density at radius 3 is 2.97 bits per heavy atom. The minimum absolute atomic E-state index is 0.0983. The van der Waals surface area contributed by atoms with Crippen LogP contribution in [0.25, 0.3) is 5.82 Å². The highest BCUT2D eigenvalue weighted by Gasteiger charge is 2.28. The van der Waals surface area contributed by atoms with Gasteiger partial charge in [0.15, 0.2) is 11.6 Å². The Bertz CT molecular complexity index is 1060. The molecular weight excluding hydrogens is 368 g/mol. The minimum Gasteiger partial charge on any atom is -0.350 e. The molecule has 1 fully saturated rings. The summed E-state index contributed by atoms with van der Waals surface area (Å²) >= 11 is 0. The molecule has 0 N–H and O–H groups in total. The van der Waals surface area contributed by atoms with Crippen LogP contribution in [-0.2, 0) is 19.5 Å². The van der Waals surface area contributed by atoms with Gasteiger partial charge in [0, 0.05) is 44.5 Å². The molecule has 29 heavy (non-hydrogen) atoms. The van der Waals surface area contributed by atoms with E-state index in [0.29, 0.717) is 12.4 Å². The van der Waals surface area contributed by atoms with Crippen molar-refractivity contribution in [1.82, 2.24) is 34.4 Å². The van der Waals surface area contributed by atoms with Crippen LogP contribution in [0.2, 0.25) is 0 Å². The van der Waals surface area contributed by atoms with E-state index in [1.54, 1.807) is 33.9 Å². The molecule has 3 aromatic rings. The van der Waals surface area contributed by atoms with Gasteiger partial charge < -0.3 is 9.80 Å². The average Bonchev–Trinajstić information content (AvgIpc) is 3.41. The van der Waals surface area contributed by atoms with Gasteiger partial charge in [-0.2, -0.15) is 10.2 Å². The first-order valence-corrected chi connectivity index (χ1v) is 10.0. The van der Waals surface area contributed by atoms with E-state index in [-0.39, 0.29) is 11.6 Å². The molecule has 0 radical (unpaired) electrons. The minimum atomic E-state index is -0.0983. The molecular formula is C20H24N8O. The lowest BCUT2D eigenvalue weighted by Crippen LogP contribution is -2.38. The fraction of sp³-hybridized carbons (Fsp3) is 0.450. The molecule has 2 aliphatic heterocycles. The van der Waals surface area contributed by atoms with Crippen LogP contribution < -0.4 is 10.5 Å². The van der Waals surface area contributed by atoms with Gasteiger partial charge in [-0.25, -0.2) is 9.67 Å². The summed E-state index contributed by atoms with van der Waals surface area (Å²) < 4.78 is 3.35. The lowest BCUT2D eigenvalue weighted by molar-refractivity contribution is 0.308. The molecule has 0 aliphatic carbocycles. The van der Waals surface area contributed by atoms with Crippen LogP contribution in [0.1, 0.15) is 24.1 Å². The molecule has 2 aliphatic rings. The highest BCUT2D eigenvalue weighted by Crippen LogP contribution is 2.27. The summed E-state index contributed by atoms with van der Waals surface area (Å²) in [5, 5.41) is 13.5. The zero-order valence-electron chi connectivity index (χ0n) is 16.5. The normalized spacial score (nSPS) is 19.5. The topological polar surface area (TPSA) is 85.0 Å². The van der Waals surface area contributed by atoms with Gasteiger partial charge in [0.25, 0.3) is 5.56 Å². The first-order chi connectivity index (χ1) is 14.2. The number of anilines is 1. The maximum Gasteiger partial charge on any atom is 0.266 e. The Morgan fingerprint density at radius 1 is 1.17 bits per heavy atom. The molecule has 5 rings (SSSR count). The van der Waals surface area contributed by atoms with Gasteiger partial charge in [0.1, 0.15) is 6.33 Å². The number of aromatic nitrogens is 6.